The van der Waals surface area contributed by atoms with Crippen LogP contribution >= 0.6 is 0 Å². The van der Waals surface area contributed by atoms with Gasteiger partial charge in [0.1, 0.15) is 0 Å². The Labute approximate surface area is 208 Å². The molecule has 0 atom stereocenters. The van der Waals surface area contributed by atoms with Crippen LogP contribution < -0.4 is 11.2 Å². The second-order valence-corrected chi connectivity index (χ2v) is 8.47. The van der Waals surface area contributed by atoms with Gasteiger partial charge in [-0.3, -0.25) is 14.4 Å². The van der Waals surface area contributed by atoms with Crippen LogP contribution in [0.25, 0.3) is 6.08 Å². The summed E-state index contributed by atoms with van der Waals surface area (Å²) in [6, 6.07) is 22.0. The van der Waals surface area contributed by atoms with E-state index in [0.717, 1.165) is 22.3 Å². The Balaban J connectivity index is 1.57. The monoisotopic (exact) mass is 482 g/mol. The van der Waals surface area contributed by atoms with Crippen molar-refractivity contribution in [3.63, 3.8) is 0 Å². The molecule has 8 heteroatoms. The molecule has 1 heterocycles. The van der Waals surface area contributed by atoms with Crippen molar-refractivity contribution in [2.75, 3.05) is 11.9 Å². The molecular formula is C28H26N4O4. The number of carboxylic acid groups (broad SMARTS) is 1. The third-order valence-corrected chi connectivity index (χ3v) is 5.91. The first-order valence-electron chi connectivity index (χ1n) is 11.5. The Bertz CT molecular complexity index is 1330. The largest absolute Gasteiger partial charge is 0.481 e. The van der Waals surface area contributed by atoms with Crippen LogP contribution in [0.4, 0.5) is 5.69 Å². The maximum absolute atomic E-state index is 13.2. The smallest absolute Gasteiger partial charge is 0.308 e. The van der Waals surface area contributed by atoms with Crippen LogP contribution in [0.3, 0.4) is 0 Å². The van der Waals surface area contributed by atoms with E-state index in [9.17, 15) is 19.5 Å². The topological polar surface area (TPSA) is 125 Å². The summed E-state index contributed by atoms with van der Waals surface area (Å²) in [5, 5.41) is 15.7. The molecule has 4 rings (SSSR count). The first-order valence-corrected chi connectivity index (χ1v) is 11.5. The number of benzene rings is 3. The molecule has 4 N–H and O–H groups in total. The van der Waals surface area contributed by atoms with Crippen molar-refractivity contribution in [1.82, 2.24) is 4.90 Å². The van der Waals surface area contributed by atoms with E-state index in [0.29, 0.717) is 30.8 Å². The molecule has 0 spiro atoms. The summed E-state index contributed by atoms with van der Waals surface area (Å²) < 4.78 is 0. The van der Waals surface area contributed by atoms with Crippen molar-refractivity contribution in [2.45, 2.75) is 19.4 Å². The fourth-order valence-corrected chi connectivity index (χ4v) is 4.08. The molecule has 8 nitrogen and oxygen atoms in total. The zero-order chi connectivity index (χ0) is 25.5. The Hall–Kier alpha value is -4.72. The molecule has 3 aromatic rings. The van der Waals surface area contributed by atoms with E-state index in [-0.39, 0.29) is 23.8 Å². The highest BCUT2D eigenvalue weighted by Gasteiger charge is 2.25. The van der Waals surface area contributed by atoms with E-state index >= 15 is 0 Å². The lowest BCUT2D eigenvalue weighted by Gasteiger charge is -2.23. The lowest BCUT2D eigenvalue weighted by Crippen LogP contribution is -2.33. The van der Waals surface area contributed by atoms with Crippen LogP contribution in [0.15, 0.2) is 83.5 Å². The number of aliphatic carboxylic acids is 1. The molecule has 0 saturated carbocycles. The molecule has 1 aliphatic rings. The highest BCUT2D eigenvalue weighted by Crippen LogP contribution is 2.27. The standard InChI is InChI=1S/C28H26N4O4/c29-30-17-20-6-8-21(9-7-20)27(35)31-25-11-10-22-14-23(16-26(33)34)28(36)32(18-24(22)15-25)13-12-19-4-2-1-3-5-19/h1-11,14-15,17H,12-13,16,18,29H2,(H,31,35)(H,33,34). The quantitative estimate of drug-likeness (QED) is 0.257. The molecule has 0 fully saturated rings. The SMILES string of the molecule is NN=Cc1ccc(C(=O)Nc2ccc3c(c2)CN(CCc2ccccc2)C(=O)C(CC(=O)O)=C3)cc1. The molecule has 3 aromatic carbocycles. The van der Waals surface area contributed by atoms with Crippen LogP contribution in [0, 0.1) is 0 Å². The summed E-state index contributed by atoms with van der Waals surface area (Å²) in [7, 11) is 0. The van der Waals surface area contributed by atoms with Gasteiger partial charge in [0.25, 0.3) is 11.8 Å². The number of carboxylic acids is 1. The zero-order valence-electron chi connectivity index (χ0n) is 19.6. The molecule has 2 amide bonds. The first-order chi connectivity index (χ1) is 17.4. The van der Waals surface area contributed by atoms with E-state index in [1.165, 1.54) is 6.21 Å². The lowest BCUT2D eigenvalue weighted by molar-refractivity contribution is -0.138. The predicted octanol–water partition coefficient (Wildman–Crippen LogP) is 3.67. The molecule has 1 aliphatic heterocycles. The first kappa shape index (κ1) is 24.4. The molecule has 36 heavy (non-hydrogen) atoms. The summed E-state index contributed by atoms with van der Waals surface area (Å²) in [6.45, 7) is 0.742. The Kier molecular flexibility index (Phi) is 7.55. The van der Waals surface area contributed by atoms with Crippen molar-refractivity contribution >= 4 is 35.8 Å². The number of hydrogen-bond donors (Lipinski definition) is 3. The Morgan fingerprint density at radius 2 is 1.81 bits per heavy atom. The number of nitrogens with zero attached hydrogens (tertiary/aromatic N) is 2. The number of rotatable bonds is 8. The molecular weight excluding hydrogens is 456 g/mol. The maximum Gasteiger partial charge on any atom is 0.308 e. The van der Waals surface area contributed by atoms with Crippen LogP contribution in [0.5, 0.6) is 0 Å². The van der Waals surface area contributed by atoms with Crippen LogP contribution in [0.2, 0.25) is 0 Å². The highest BCUT2D eigenvalue weighted by molar-refractivity contribution is 6.05. The normalized spacial score (nSPS) is 13.2. The summed E-state index contributed by atoms with van der Waals surface area (Å²) in [4.78, 5) is 39.0. The number of hydrogen-bond acceptors (Lipinski definition) is 5. The average Bonchev–Trinajstić information content (AvgIpc) is 3.00. The van der Waals surface area contributed by atoms with Gasteiger partial charge in [-0.15, -0.1) is 0 Å². The number of amides is 2. The molecule has 0 unspecified atom stereocenters. The number of carbonyl (C=O) groups excluding carboxylic acids is 2. The molecule has 0 bridgehead atoms. The van der Waals surface area contributed by atoms with Gasteiger partial charge < -0.3 is 21.2 Å². The molecule has 0 aromatic heterocycles. The van der Waals surface area contributed by atoms with Crippen molar-refractivity contribution in [3.8, 4) is 0 Å². The number of nitrogens with one attached hydrogen (secondary N) is 1. The third-order valence-electron chi connectivity index (χ3n) is 5.91. The van der Waals surface area contributed by atoms with Crippen molar-refractivity contribution in [2.24, 2.45) is 10.9 Å². The summed E-state index contributed by atoms with van der Waals surface area (Å²) >= 11 is 0. The summed E-state index contributed by atoms with van der Waals surface area (Å²) in [6.07, 6.45) is 3.41. The van der Waals surface area contributed by atoms with Gasteiger partial charge in [0.2, 0.25) is 0 Å². The number of nitrogens with two attached hydrogens (primary N) is 1. The van der Waals surface area contributed by atoms with E-state index in [2.05, 4.69) is 10.4 Å². The van der Waals surface area contributed by atoms with E-state index < -0.39 is 5.97 Å². The lowest BCUT2D eigenvalue weighted by atomic mass is 10.0. The van der Waals surface area contributed by atoms with Crippen molar-refractivity contribution in [1.29, 1.82) is 0 Å². The van der Waals surface area contributed by atoms with Gasteiger partial charge in [0.15, 0.2) is 0 Å². The predicted molar refractivity (Wildman–Crippen MR) is 138 cm³/mol. The minimum absolute atomic E-state index is 0.229. The van der Waals surface area contributed by atoms with Gasteiger partial charge in [0.05, 0.1) is 12.6 Å². The van der Waals surface area contributed by atoms with Gasteiger partial charge in [-0.05, 0) is 59.0 Å². The van der Waals surface area contributed by atoms with Gasteiger partial charge in [-0.1, -0.05) is 48.5 Å². The Morgan fingerprint density at radius 3 is 2.50 bits per heavy atom. The molecule has 182 valence electrons. The number of hydrazone groups is 1. The second kappa shape index (κ2) is 11.1. The van der Waals surface area contributed by atoms with Crippen LogP contribution in [0.1, 0.15) is 39.0 Å². The highest BCUT2D eigenvalue weighted by atomic mass is 16.4. The zero-order valence-corrected chi connectivity index (χ0v) is 19.6. The third kappa shape index (κ3) is 6.04. The fraction of sp³-hybridized carbons (Fsp3) is 0.143. The fourth-order valence-electron chi connectivity index (χ4n) is 4.08. The minimum atomic E-state index is -1.06. The molecule has 0 aliphatic carbocycles. The number of anilines is 1. The minimum Gasteiger partial charge on any atom is -0.481 e. The maximum atomic E-state index is 13.2. The van der Waals surface area contributed by atoms with Crippen LogP contribution in [-0.2, 0) is 22.6 Å². The van der Waals surface area contributed by atoms with E-state index in [1.54, 1.807) is 47.4 Å². The van der Waals surface area contributed by atoms with Gasteiger partial charge in [0, 0.05) is 29.9 Å². The van der Waals surface area contributed by atoms with Gasteiger partial charge in [-0.2, -0.15) is 5.10 Å². The average molecular weight is 483 g/mol. The van der Waals surface area contributed by atoms with Crippen molar-refractivity contribution < 1.29 is 19.5 Å². The number of fused-ring (bicyclic) bond motifs is 1. The van der Waals surface area contributed by atoms with Crippen LogP contribution in [-0.4, -0.2) is 40.5 Å². The second-order valence-electron chi connectivity index (χ2n) is 8.47. The van der Waals surface area contributed by atoms with Gasteiger partial charge in [-0.25, -0.2) is 0 Å². The Morgan fingerprint density at radius 1 is 1.06 bits per heavy atom. The van der Waals surface area contributed by atoms with Crippen molar-refractivity contribution in [3.05, 3.63) is 106 Å². The number of carbonyl (C=O) groups is 3. The van der Waals surface area contributed by atoms with E-state index in [4.69, 9.17) is 5.84 Å². The summed E-state index contributed by atoms with van der Waals surface area (Å²) in [5.74, 6) is 3.52. The molecule has 0 saturated heterocycles. The van der Waals surface area contributed by atoms with Gasteiger partial charge >= 0.3 is 5.97 Å². The van der Waals surface area contributed by atoms with E-state index in [1.807, 2.05) is 36.4 Å². The summed E-state index contributed by atoms with van der Waals surface area (Å²) in [5.41, 5.74) is 4.73. The molecule has 0 radical (unpaired) electrons.